The van der Waals surface area contributed by atoms with E-state index in [9.17, 15) is 0 Å². The largest absolute Gasteiger partial charge is 0.339 e. The zero-order valence-corrected chi connectivity index (χ0v) is 7.31. The van der Waals surface area contributed by atoms with Crippen molar-refractivity contribution < 1.29 is 4.99 Å². The fourth-order valence-electron chi connectivity index (χ4n) is 0.851. The highest BCUT2D eigenvalue weighted by molar-refractivity contribution is 6.30. The van der Waals surface area contributed by atoms with Gasteiger partial charge >= 0.3 is 5.96 Å². The molecule has 64 valence electrons. The predicted molar refractivity (Wildman–Crippen MR) is 49.5 cm³/mol. The van der Waals surface area contributed by atoms with Gasteiger partial charge in [-0.1, -0.05) is 23.7 Å². The van der Waals surface area contributed by atoms with Crippen LogP contribution in [0.5, 0.6) is 0 Å². The van der Waals surface area contributed by atoms with Crippen molar-refractivity contribution in [3.05, 3.63) is 34.9 Å². The average Bonchev–Trinajstić information content (AvgIpc) is 2.01. The molecular weight excluding hydrogens is 174 g/mol. The molecule has 1 aromatic carbocycles. The average molecular weight is 185 g/mol. The lowest BCUT2D eigenvalue weighted by Gasteiger charge is -1.95. The first-order valence-electron chi connectivity index (χ1n) is 3.54. The normalized spacial score (nSPS) is 9.42. The molecule has 0 aromatic heterocycles. The lowest BCUT2D eigenvalue weighted by molar-refractivity contribution is -0.477. The second kappa shape index (κ2) is 3.97. The van der Waals surface area contributed by atoms with Crippen LogP contribution in [0.3, 0.4) is 0 Å². The van der Waals surface area contributed by atoms with Crippen LogP contribution in [0.1, 0.15) is 5.56 Å². The molecule has 0 spiro atoms. The number of hydrogen-bond donors (Lipinski definition) is 3. The fraction of sp³-hybridized carbons (Fsp3) is 0.125. The second-order valence-electron chi connectivity index (χ2n) is 2.44. The zero-order chi connectivity index (χ0) is 8.97. The molecule has 0 amide bonds. The van der Waals surface area contributed by atoms with Crippen LogP contribution in [0, 0.1) is 0 Å². The van der Waals surface area contributed by atoms with E-state index in [0.717, 1.165) is 5.56 Å². The molecule has 1 aromatic rings. The second-order valence-corrected chi connectivity index (χ2v) is 2.88. The number of nitrogens with two attached hydrogens (primary N) is 2. The van der Waals surface area contributed by atoms with E-state index in [1.807, 2.05) is 24.3 Å². The molecule has 1 rings (SSSR count). The van der Waals surface area contributed by atoms with Gasteiger partial charge in [-0.05, 0) is 17.7 Å². The van der Waals surface area contributed by atoms with Crippen molar-refractivity contribution in [2.75, 3.05) is 0 Å². The van der Waals surface area contributed by atoms with Gasteiger partial charge in [0, 0.05) is 5.02 Å². The molecule has 0 heterocycles. The van der Waals surface area contributed by atoms with E-state index in [2.05, 4.69) is 4.99 Å². The fourth-order valence-corrected chi connectivity index (χ4v) is 1.06. The lowest BCUT2D eigenvalue weighted by Crippen LogP contribution is -2.76. The van der Waals surface area contributed by atoms with Gasteiger partial charge in [0.05, 0.1) is 6.54 Å². The number of nitrogens with one attached hydrogen (secondary N) is 1. The molecule has 0 aliphatic carbocycles. The van der Waals surface area contributed by atoms with Gasteiger partial charge in [0.2, 0.25) is 0 Å². The molecule has 0 bridgehead atoms. The summed E-state index contributed by atoms with van der Waals surface area (Å²) in [6, 6.07) is 7.51. The Balaban J connectivity index is 2.70. The summed E-state index contributed by atoms with van der Waals surface area (Å²) in [7, 11) is 0. The van der Waals surface area contributed by atoms with Crippen molar-refractivity contribution in [1.29, 1.82) is 0 Å². The van der Waals surface area contributed by atoms with E-state index in [1.165, 1.54) is 0 Å². The van der Waals surface area contributed by atoms with Crippen LogP contribution in [-0.4, -0.2) is 5.96 Å². The molecule has 12 heavy (non-hydrogen) atoms. The number of halogens is 1. The van der Waals surface area contributed by atoms with Crippen molar-refractivity contribution >= 4 is 17.6 Å². The third-order valence-electron chi connectivity index (χ3n) is 1.39. The summed E-state index contributed by atoms with van der Waals surface area (Å²) >= 11 is 5.76. The van der Waals surface area contributed by atoms with E-state index >= 15 is 0 Å². The van der Waals surface area contributed by atoms with Gasteiger partial charge in [-0.3, -0.25) is 16.5 Å². The molecule has 0 aliphatic rings. The van der Waals surface area contributed by atoms with E-state index in [4.69, 9.17) is 23.1 Å². The third-order valence-corrected chi connectivity index (χ3v) is 1.62. The lowest BCUT2D eigenvalue weighted by atomic mass is 10.2. The number of rotatable bonds is 2. The predicted octanol–water partition coefficient (Wildman–Crippen LogP) is -0.806. The van der Waals surface area contributed by atoms with E-state index in [-0.39, 0.29) is 5.96 Å². The van der Waals surface area contributed by atoms with Crippen molar-refractivity contribution in [2.45, 2.75) is 6.54 Å². The van der Waals surface area contributed by atoms with Crippen LogP contribution in [0.15, 0.2) is 24.3 Å². The highest BCUT2D eigenvalue weighted by Crippen LogP contribution is 2.08. The van der Waals surface area contributed by atoms with Gasteiger partial charge in [-0.15, -0.1) is 0 Å². The Morgan fingerprint density at radius 2 is 2.17 bits per heavy atom. The zero-order valence-electron chi connectivity index (χ0n) is 6.55. The SMILES string of the molecule is NC(N)=[NH+]Cc1cccc(Cl)c1. The summed E-state index contributed by atoms with van der Waals surface area (Å²) in [6.07, 6.45) is 0. The maximum absolute atomic E-state index is 5.76. The Labute approximate surface area is 76.0 Å². The molecule has 0 aliphatic heterocycles. The molecule has 0 atom stereocenters. The Kier molecular flexibility index (Phi) is 2.94. The number of hydrogen-bond acceptors (Lipinski definition) is 0. The van der Waals surface area contributed by atoms with Gasteiger partial charge in [0.1, 0.15) is 0 Å². The third kappa shape index (κ3) is 2.80. The first-order chi connectivity index (χ1) is 5.68. The molecule has 0 saturated carbocycles. The van der Waals surface area contributed by atoms with E-state index < -0.39 is 0 Å². The number of benzene rings is 1. The van der Waals surface area contributed by atoms with Crippen LogP contribution in [0.4, 0.5) is 0 Å². The monoisotopic (exact) mass is 184 g/mol. The Morgan fingerprint density at radius 1 is 1.42 bits per heavy atom. The maximum Gasteiger partial charge on any atom is 0.339 e. The van der Waals surface area contributed by atoms with Gasteiger partial charge < -0.3 is 0 Å². The van der Waals surface area contributed by atoms with Crippen molar-refractivity contribution in [3.8, 4) is 0 Å². The molecule has 4 heteroatoms. The van der Waals surface area contributed by atoms with E-state index in [1.54, 1.807) is 0 Å². The molecule has 3 nitrogen and oxygen atoms in total. The van der Waals surface area contributed by atoms with Crippen molar-refractivity contribution in [3.63, 3.8) is 0 Å². The first kappa shape index (κ1) is 8.87. The topological polar surface area (TPSA) is 66.0 Å². The minimum atomic E-state index is 0.218. The van der Waals surface area contributed by atoms with E-state index in [0.29, 0.717) is 11.6 Å². The highest BCUT2D eigenvalue weighted by Gasteiger charge is 1.93. The van der Waals surface area contributed by atoms with Crippen LogP contribution in [-0.2, 0) is 6.54 Å². The van der Waals surface area contributed by atoms with Crippen LogP contribution in [0.2, 0.25) is 5.02 Å². The molecule has 5 N–H and O–H groups in total. The summed E-state index contributed by atoms with van der Waals surface area (Å²) < 4.78 is 0. The Bertz CT molecular complexity index is 292. The first-order valence-corrected chi connectivity index (χ1v) is 3.92. The summed E-state index contributed by atoms with van der Waals surface area (Å²) in [5.41, 5.74) is 11.5. The number of guanidine groups is 1. The Morgan fingerprint density at radius 3 is 2.75 bits per heavy atom. The van der Waals surface area contributed by atoms with Gasteiger partial charge in [0.25, 0.3) is 0 Å². The van der Waals surface area contributed by atoms with Crippen LogP contribution < -0.4 is 16.5 Å². The summed E-state index contributed by atoms with van der Waals surface area (Å²) in [6.45, 7) is 0.600. The highest BCUT2D eigenvalue weighted by atomic mass is 35.5. The minimum Gasteiger partial charge on any atom is -0.291 e. The van der Waals surface area contributed by atoms with Crippen molar-refractivity contribution in [2.24, 2.45) is 11.5 Å². The molecule has 0 unspecified atom stereocenters. The Hall–Kier alpha value is -1.22. The quantitative estimate of drug-likeness (QED) is 0.416. The summed E-state index contributed by atoms with van der Waals surface area (Å²) in [5.74, 6) is 0.218. The maximum atomic E-state index is 5.76. The summed E-state index contributed by atoms with van der Waals surface area (Å²) in [4.78, 5) is 2.80. The van der Waals surface area contributed by atoms with Gasteiger partial charge in [-0.2, -0.15) is 0 Å². The summed E-state index contributed by atoms with van der Waals surface area (Å²) in [5, 5.41) is 0.713. The van der Waals surface area contributed by atoms with Crippen molar-refractivity contribution in [1.82, 2.24) is 0 Å². The molecule has 0 radical (unpaired) electrons. The van der Waals surface area contributed by atoms with Crippen LogP contribution in [0.25, 0.3) is 0 Å². The molecule has 0 fully saturated rings. The molecule has 0 saturated heterocycles. The standard InChI is InChI=1S/C8H10ClN3/c9-7-3-1-2-6(4-7)5-12-8(10)11/h1-4H,5H2,(H4,10,11,12)/p+1. The minimum absolute atomic E-state index is 0.218. The van der Waals surface area contributed by atoms with Gasteiger partial charge in [-0.25, -0.2) is 0 Å². The van der Waals surface area contributed by atoms with Gasteiger partial charge in [0.15, 0.2) is 0 Å². The smallest absolute Gasteiger partial charge is 0.291 e. The molecular formula is C8H11ClN3+. The van der Waals surface area contributed by atoms with Crippen LogP contribution >= 0.6 is 11.6 Å².